The number of carbonyl (C=O) groups is 3. The highest BCUT2D eigenvalue weighted by molar-refractivity contribution is 5.88. The Labute approximate surface area is 186 Å². The number of hydrogen-bond donors (Lipinski definition) is 1. The van der Waals surface area contributed by atoms with Crippen LogP contribution in [-0.2, 0) is 14.4 Å². The van der Waals surface area contributed by atoms with E-state index in [-0.39, 0.29) is 29.7 Å². The largest absolute Gasteiger partial charge is 0.347 e. The molecule has 2 aliphatic heterocycles. The van der Waals surface area contributed by atoms with Crippen LogP contribution in [0.4, 0.5) is 0 Å². The number of amides is 3. The van der Waals surface area contributed by atoms with Crippen molar-refractivity contribution in [2.45, 2.75) is 77.0 Å². The minimum absolute atomic E-state index is 0.0127. The van der Waals surface area contributed by atoms with E-state index < -0.39 is 0 Å². The number of rotatable bonds is 4. The maximum absolute atomic E-state index is 13.1. The van der Waals surface area contributed by atoms with Crippen LogP contribution in [-0.4, -0.2) is 60.2 Å². The van der Waals surface area contributed by atoms with Crippen LogP contribution in [0.2, 0.25) is 0 Å². The van der Waals surface area contributed by atoms with Crippen LogP contribution in [0.1, 0.15) is 77.0 Å². The van der Waals surface area contributed by atoms with E-state index in [4.69, 9.17) is 0 Å². The number of likely N-dealkylation sites (tertiary alicyclic amines) is 2. The van der Waals surface area contributed by atoms with Crippen molar-refractivity contribution in [2.24, 2.45) is 29.1 Å². The second-order valence-electron chi connectivity index (χ2n) is 11.3. The van der Waals surface area contributed by atoms with Gasteiger partial charge >= 0.3 is 0 Å². The van der Waals surface area contributed by atoms with Gasteiger partial charge in [0.1, 0.15) is 0 Å². The van der Waals surface area contributed by atoms with Crippen LogP contribution in [0.15, 0.2) is 0 Å². The predicted octanol–water partition coefficient (Wildman–Crippen LogP) is 2.96. The summed E-state index contributed by atoms with van der Waals surface area (Å²) in [7, 11) is 0. The van der Waals surface area contributed by atoms with Crippen LogP contribution in [0.5, 0.6) is 0 Å². The van der Waals surface area contributed by atoms with E-state index in [1.165, 1.54) is 32.1 Å². The summed E-state index contributed by atoms with van der Waals surface area (Å²) < 4.78 is 0. The Bertz CT molecular complexity index is 670. The molecular weight excluding hydrogens is 390 g/mol. The van der Waals surface area contributed by atoms with E-state index in [0.717, 1.165) is 75.8 Å². The van der Waals surface area contributed by atoms with Crippen molar-refractivity contribution >= 4 is 17.7 Å². The fourth-order valence-electron chi connectivity index (χ4n) is 7.77. The van der Waals surface area contributed by atoms with Gasteiger partial charge < -0.3 is 15.1 Å². The van der Waals surface area contributed by atoms with Gasteiger partial charge in [0, 0.05) is 37.5 Å². The average Bonchev–Trinajstić information content (AvgIpc) is 3.05. The zero-order valence-electron chi connectivity index (χ0n) is 18.9. The van der Waals surface area contributed by atoms with Crippen molar-refractivity contribution in [3.05, 3.63) is 0 Å². The number of nitrogens with zero attached hydrogens (tertiary/aromatic N) is 2. The number of hydrogen-bond acceptors (Lipinski definition) is 3. The Morgan fingerprint density at radius 1 is 0.742 bits per heavy atom. The standard InChI is InChI=1S/C25H39N3O3/c29-22(17-26-24(31)25-14-18-11-19(15-25)13-20(12-18)16-25)27-9-5-21(6-10-27)23(30)28-7-3-1-2-4-8-28/h18-21H,1-17H2,(H,26,31). The van der Waals surface area contributed by atoms with Crippen molar-refractivity contribution in [1.82, 2.24) is 15.1 Å². The SMILES string of the molecule is O=C(CNC(=O)C12CC3CC(CC(C3)C1)C2)N1CCC(C(=O)N2CCCCCC2)CC1. The summed E-state index contributed by atoms with van der Waals surface area (Å²) in [6, 6.07) is 0. The number of carbonyl (C=O) groups excluding carboxylic acids is 3. The van der Waals surface area contributed by atoms with E-state index in [9.17, 15) is 14.4 Å². The van der Waals surface area contributed by atoms with Gasteiger partial charge in [-0.25, -0.2) is 0 Å². The summed E-state index contributed by atoms with van der Waals surface area (Å²) in [6.07, 6.45) is 13.2. The van der Waals surface area contributed by atoms with Gasteiger partial charge in [0.25, 0.3) is 0 Å². The van der Waals surface area contributed by atoms with Crippen molar-refractivity contribution < 1.29 is 14.4 Å². The van der Waals surface area contributed by atoms with Crippen molar-refractivity contribution in [2.75, 3.05) is 32.7 Å². The fourth-order valence-corrected chi connectivity index (χ4v) is 7.77. The van der Waals surface area contributed by atoms with Gasteiger partial charge in [-0.3, -0.25) is 14.4 Å². The second kappa shape index (κ2) is 8.74. The molecule has 0 aromatic carbocycles. The Morgan fingerprint density at radius 2 is 1.29 bits per heavy atom. The monoisotopic (exact) mass is 429 g/mol. The third-order valence-corrected chi connectivity index (χ3v) is 9.03. The van der Waals surface area contributed by atoms with Crippen LogP contribution >= 0.6 is 0 Å². The highest BCUT2D eigenvalue weighted by atomic mass is 16.2. The molecular formula is C25H39N3O3. The molecule has 6 fully saturated rings. The van der Waals surface area contributed by atoms with Gasteiger partial charge in [-0.1, -0.05) is 12.8 Å². The van der Waals surface area contributed by atoms with Gasteiger partial charge in [-0.05, 0) is 82.0 Å². The summed E-state index contributed by atoms with van der Waals surface area (Å²) in [5.41, 5.74) is -0.193. The van der Waals surface area contributed by atoms with Gasteiger partial charge in [0.05, 0.1) is 6.54 Å². The molecule has 1 N–H and O–H groups in total. The highest BCUT2D eigenvalue weighted by Gasteiger charge is 2.54. The Morgan fingerprint density at radius 3 is 1.84 bits per heavy atom. The molecule has 6 aliphatic rings. The van der Waals surface area contributed by atoms with Crippen molar-refractivity contribution in [1.29, 1.82) is 0 Å². The third kappa shape index (κ3) is 4.36. The van der Waals surface area contributed by atoms with E-state index in [1.54, 1.807) is 0 Å². The molecule has 3 amide bonds. The zero-order valence-corrected chi connectivity index (χ0v) is 18.9. The van der Waals surface area contributed by atoms with Crippen molar-refractivity contribution in [3.8, 4) is 0 Å². The normalized spacial score (nSPS) is 35.7. The van der Waals surface area contributed by atoms with Crippen molar-refractivity contribution in [3.63, 3.8) is 0 Å². The van der Waals surface area contributed by atoms with Crippen LogP contribution < -0.4 is 5.32 Å². The summed E-state index contributed by atoms with van der Waals surface area (Å²) >= 11 is 0. The molecule has 6 rings (SSSR count). The Kier molecular flexibility index (Phi) is 6.00. The molecule has 6 heteroatoms. The molecule has 6 nitrogen and oxygen atoms in total. The van der Waals surface area contributed by atoms with E-state index in [0.29, 0.717) is 19.0 Å². The van der Waals surface area contributed by atoms with Crippen LogP contribution in [0.25, 0.3) is 0 Å². The molecule has 4 bridgehead atoms. The fraction of sp³-hybridized carbons (Fsp3) is 0.880. The first-order valence-electron chi connectivity index (χ1n) is 12.9. The topological polar surface area (TPSA) is 69.7 Å². The highest BCUT2D eigenvalue weighted by Crippen LogP contribution is 2.60. The lowest BCUT2D eigenvalue weighted by Crippen LogP contribution is -2.55. The van der Waals surface area contributed by atoms with E-state index in [1.807, 2.05) is 4.90 Å². The molecule has 172 valence electrons. The van der Waals surface area contributed by atoms with Crippen LogP contribution in [0, 0.1) is 29.1 Å². The lowest BCUT2D eigenvalue weighted by Gasteiger charge is -2.55. The number of nitrogens with one attached hydrogen (secondary N) is 1. The molecule has 0 aromatic heterocycles. The molecule has 2 saturated heterocycles. The maximum Gasteiger partial charge on any atom is 0.241 e. The third-order valence-electron chi connectivity index (χ3n) is 9.03. The number of piperidine rings is 1. The smallest absolute Gasteiger partial charge is 0.241 e. The lowest BCUT2D eigenvalue weighted by atomic mass is 9.49. The molecule has 4 aliphatic carbocycles. The van der Waals surface area contributed by atoms with Gasteiger partial charge in [0.15, 0.2) is 0 Å². The molecule has 2 heterocycles. The molecule has 0 atom stereocenters. The summed E-state index contributed by atoms with van der Waals surface area (Å²) in [5, 5.41) is 3.02. The molecule has 0 aromatic rings. The maximum atomic E-state index is 13.1. The summed E-state index contributed by atoms with van der Waals surface area (Å²) in [4.78, 5) is 42.6. The summed E-state index contributed by atoms with van der Waals surface area (Å²) in [5.74, 6) is 2.69. The first-order chi connectivity index (χ1) is 15.0. The minimum Gasteiger partial charge on any atom is -0.347 e. The van der Waals surface area contributed by atoms with Gasteiger partial charge in [-0.15, -0.1) is 0 Å². The average molecular weight is 430 g/mol. The Balaban J connectivity index is 1.08. The van der Waals surface area contributed by atoms with E-state index in [2.05, 4.69) is 10.2 Å². The van der Waals surface area contributed by atoms with Gasteiger partial charge in [-0.2, -0.15) is 0 Å². The van der Waals surface area contributed by atoms with Gasteiger partial charge in [0.2, 0.25) is 17.7 Å². The minimum atomic E-state index is -0.193. The molecule has 31 heavy (non-hydrogen) atoms. The first kappa shape index (κ1) is 21.3. The van der Waals surface area contributed by atoms with E-state index >= 15 is 0 Å². The molecule has 0 radical (unpaired) electrons. The first-order valence-corrected chi connectivity index (χ1v) is 12.9. The molecule has 0 spiro atoms. The zero-order chi connectivity index (χ0) is 21.4. The second-order valence-corrected chi connectivity index (χ2v) is 11.3. The molecule has 4 saturated carbocycles. The lowest BCUT2D eigenvalue weighted by molar-refractivity contribution is -0.148. The quantitative estimate of drug-likeness (QED) is 0.747. The molecule has 0 unspecified atom stereocenters. The Hall–Kier alpha value is -1.59. The summed E-state index contributed by atoms with van der Waals surface area (Å²) in [6.45, 7) is 3.18. The predicted molar refractivity (Wildman–Crippen MR) is 118 cm³/mol. The van der Waals surface area contributed by atoms with Crippen LogP contribution in [0.3, 0.4) is 0 Å².